The molecule has 9 heteroatoms. The first-order chi connectivity index (χ1) is 12.2. The average Bonchev–Trinajstić information content (AvgIpc) is 2.63. The normalized spacial score (nSPS) is 11.7. The minimum Gasteiger partial charge on any atom is -0.326 e. The molecule has 0 saturated heterocycles. The third-order valence-electron chi connectivity index (χ3n) is 3.64. The highest BCUT2D eigenvalue weighted by atomic mass is 35.5. The zero-order chi connectivity index (χ0) is 19.4. The number of sulfonamides is 1. The lowest BCUT2D eigenvalue weighted by Crippen LogP contribution is -2.32. The van der Waals surface area contributed by atoms with Crippen molar-refractivity contribution in [2.24, 2.45) is 5.41 Å². The lowest BCUT2D eigenvalue weighted by Gasteiger charge is -2.20. The number of alkyl halides is 1. The van der Waals surface area contributed by atoms with Crippen molar-refractivity contribution in [3.8, 4) is 0 Å². The highest BCUT2D eigenvalue weighted by Gasteiger charge is 2.26. The predicted octanol–water partition coefficient (Wildman–Crippen LogP) is 3.49. The van der Waals surface area contributed by atoms with E-state index in [-0.39, 0.29) is 16.7 Å². The van der Waals surface area contributed by atoms with Crippen LogP contribution in [-0.2, 0) is 14.8 Å². The van der Waals surface area contributed by atoms with E-state index < -0.39 is 15.4 Å². The summed E-state index contributed by atoms with van der Waals surface area (Å²) in [6.45, 7) is 3.46. The summed E-state index contributed by atoms with van der Waals surface area (Å²) >= 11 is 5.77. The summed E-state index contributed by atoms with van der Waals surface area (Å²) in [5.41, 5.74) is 2.49. The van der Waals surface area contributed by atoms with Crippen LogP contribution in [0.5, 0.6) is 0 Å². The number of hydrogen-bond acceptors (Lipinski definition) is 5. The summed E-state index contributed by atoms with van der Waals surface area (Å²) in [5, 5.41) is 11.5. The molecule has 2 aromatic carbocycles. The molecule has 0 atom stereocenters. The first-order valence-corrected chi connectivity index (χ1v) is 9.70. The molecule has 0 bridgehead atoms. The number of benzene rings is 2. The van der Waals surface area contributed by atoms with Gasteiger partial charge in [-0.15, -0.1) is 11.6 Å². The third-order valence-corrected chi connectivity index (χ3v) is 5.70. The first kappa shape index (κ1) is 20.0. The lowest BCUT2D eigenvalue weighted by atomic mass is 9.95. The van der Waals surface area contributed by atoms with Crippen molar-refractivity contribution in [1.82, 2.24) is 0 Å². The summed E-state index contributed by atoms with van der Waals surface area (Å²) in [6.07, 6.45) is 0. The zero-order valence-corrected chi connectivity index (χ0v) is 15.9. The predicted molar refractivity (Wildman–Crippen MR) is 102 cm³/mol. The monoisotopic (exact) mass is 397 g/mol. The van der Waals surface area contributed by atoms with Crippen molar-refractivity contribution in [3.05, 3.63) is 48.5 Å². The Labute approximate surface area is 157 Å². The van der Waals surface area contributed by atoms with Crippen LogP contribution in [0.4, 0.5) is 17.1 Å². The number of nitrogens with one attached hydrogen (secondary N) is 3. The van der Waals surface area contributed by atoms with Crippen LogP contribution in [0.3, 0.4) is 0 Å². The minimum absolute atomic E-state index is 0.0535. The molecule has 0 unspecified atom stereocenters. The Balaban J connectivity index is 2.09. The van der Waals surface area contributed by atoms with E-state index in [9.17, 15) is 13.2 Å². The number of carbonyl (C=O) groups is 1. The second kappa shape index (κ2) is 7.94. The van der Waals surface area contributed by atoms with Crippen LogP contribution in [0, 0.1) is 5.41 Å². The van der Waals surface area contributed by atoms with Crippen LogP contribution < -0.4 is 15.5 Å². The molecule has 140 valence electrons. The van der Waals surface area contributed by atoms with Gasteiger partial charge in [0.05, 0.1) is 16.0 Å². The highest BCUT2D eigenvalue weighted by molar-refractivity contribution is 7.92. The average molecular weight is 398 g/mol. The van der Waals surface area contributed by atoms with Gasteiger partial charge in [0.2, 0.25) is 5.91 Å². The van der Waals surface area contributed by atoms with E-state index in [1.165, 1.54) is 24.3 Å². The minimum atomic E-state index is -3.77. The van der Waals surface area contributed by atoms with Crippen molar-refractivity contribution in [2.75, 3.05) is 21.4 Å². The molecule has 0 aromatic heterocycles. The van der Waals surface area contributed by atoms with E-state index >= 15 is 0 Å². The van der Waals surface area contributed by atoms with E-state index in [1.807, 2.05) is 5.48 Å². The van der Waals surface area contributed by atoms with E-state index in [1.54, 1.807) is 38.1 Å². The van der Waals surface area contributed by atoms with Crippen molar-refractivity contribution in [2.45, 2.75) is 18.7 Å². The van der Waals surface area contributed by atoms with Gasteiger partial charge < -0.3 is 5.32 Å². The lowest BCUT2D eigenvalue weighted by molar-refractivity contribution is -0.122. The highest BCUT2D eigenvalue weighted by Crippen LogP contribution is 2.22. The third kappa shape index (κ3) is 4.87. The molecular formula is C17H20ClN3O4S. The molecule has 0 heterocycles. The van der Waals surface area contributed by atoms with Crippen molar-refractivity contribution >= 4 is 44.6 Å². The Kier molecular flexibility index (Phi) is 6.12. The Hall–Kier alpha value is -2.29. The summed E-state index contributed by atoms with van der Waals surface area (Å²) in [7, 11) is -3.77. The first-order valence-electron chi connectivity index (χ1n) is 7.68. The van der Waals surface area contributed by atoms with E-state index in [0.717, 1.165) is 0 Å². The van der Waals surface area contributed by atoms with Crippen LogP contribution >= 0.6 is 11.6 Å². The zero-order valence-electron chi connectivity index (χ0n) is 14.3. The van der Waals surface area contributed by atoms with Crippen molar-refractivity contribution in [1.29, 1.82) is 0 Å². The fourth-order valence-electron chi connectivity index (χ4n) is 1.91. The second-order valence-electron chi connectivity index (χ2n) is 6.29. The standard InChI is InChI=1S/C17H20ClN3O4S/c1-17(2,11-18)16(22)19-12-3-5-14(6-4-12)21-26(24,25)15-9-7-13(20-23)8-10-15/h3-10,20-21,23H,11H2,1-2H3,(H,19,22). The van der Waals surface area contributed by atoms with E-state index in [0.29, 0.717) is 17.1 Å². The molecule has 0 aliphatic carbocycles. The maximum Gasteiger partial charge on any atom is 0.261 e. The molecule has 7 nitrogen and oxygen atoms in total. The van der Waals surface area contributed by atoms with Crippen LogP contribution in [0.1, 0.15) is 13.8 Å². The smallest absolute Gasteiger partial charge is 0.261 e. The van der Waals surface area contributed by atoms with Crippen LogP contribution in [0.25, 0.3) is 0 Å². The van der Waals surface area contributed by atoms with E-state index in [2.05, 4.69) is 10.0 Å². The number of halogens is 1. The van der Waals surface area contributed by atoms with Gasteiger partial charge in [-0.1, -0.05) is 0 Å². The molecule has 2 rings (SSSR count). The van der Waals surface area contributed by atoms with Crippen LogP contribution in [0.15, 0.2) is 53.4 Å². The fraction of sp³-hybridized carbons (Fsp3) is 0.235. The molecule has 2 aromatic rings. The molecule has 0 radical (unpaired) electrons. The Bertz CT molecular complexity index is 866. The Morgan fingerprint density at radius 1 is 1.00 bits per heavy atom. The molecule has 0 aliphatic rings. The molecule has 0 aliphatic heterocycles. The van der Waals surface area contributed by atoms with Crippen molar-refractivity contribution < 1.29 is 18.4 Å². The maximum atomic E-state index is 12.4. The van der Waals surface area contributed by atoms with Gasteiger partial charge in [0.1, 0.15) is 0 Å². The number of carbonyl (C=O) groups excluding carboxylic acids is 1. The van der Waals surface area contributed by atoms with Gasteiger partial charge in [-0.2, -0.15) is 0 Å². The molecule has 26 heavy (non-hydrogen) atoms. The molecule has 1 amide bonds. The number of rotatable bonds is 7. The quantitative estimate of drug-likeness (QED) is 0.422. The summed E-state index contributed by atoms with van der Waals surface area (Å²) < 4.78 is 27.2. The number of anilines is 3. The van der Waals surface area contributed by atoms with Gasteiger partial charge in [-0.3, -0.25) is 20.2 Å². The van der Waals surface area contributed by atoms with Crippen LogP contribution in [0.2, 0.25) is 0 Å². The SMILES string of the molecule is CC(C)(CCl)C(=O)Nc1ccc(NS(=O)(=O)c2ccc(NO)cc2)cc1. The molecule has 0 saturated carbocycles. The fourth-order valence-corrected chi connectivity index (χ4v) is 3.09. The summed E-state index contributed by atoms with van der Waals surface area (Å²) in [6, 6.07) is 11.9. The van der Waals surface area contributed by atoms with Gasteiger partial charge in [-0.05, 0) is 62.4 Å². The largest absolute Gasteiger partial charge is 0.326 e. The molecule has 4 N–H and O–H groups in total. The Morgan fingerprint density at radius 2 is 1.50 bits per heavy atom. The maximum absolute atomic E-state index is 12.4. The summed E-state index contributed by atoms with van der Waals surface area (Å²) in [5.74, 6) is -0.0418. The van der Waals surface area contributed by atoms with Gasteiger partial charge in [0.25, 0.3) is 10.0 Å². The molecular weight excluding hydrogens is 378 g/mol. The van der Waals surface area contributed by atoms with Gasteiger partial charge in [0.15, 0.2) is 0 Å². The topological polar surface area (TPSA) is 108 Å². The van der Waals surface area contributed by atoms with Gasteiger partial charge >= 0.3 is 0 Å². The number of hydrogen-bond donors (Lipinski definition) is 4. The van der Waals surface area contributed by atoms with Crippen LogP contribution in [-0.4, -0.2) is 25.4 Å². The summed E-state index contributed by atoms with van der Waals surface area (Å²) in [4.78, 5) is 12.1. The van der Waals surface area contributed by atoms with Gasteiger partial charge in [0, 0.05) is 17.3 Å². The number of amides is 1. The Morgan fingerprint density at radius 3 is 2.00 bits per heavy atom. The second-order valence-corrected chi connectivity index (χ2v) is 8.24. The molecule has 0 spiro atoms. The van der Waals surface area contributed by atoms with E-state index in [4.69, 9.17) is 16.8 Å². The van der Waals surface area contributed by atoms with Crippen molar-refractivity contribution in [3.63, 3.8) is 0 Å². The van der Waals surface area contributed by atoms with Gasteiger partial charge in [-0.25, -0.2) is 8.42 Å². The molecule has 0 fully saturated rings.